The van der Waals surface area contributed by atoms with Crippen LogP contribution in [0, 0.1) is 5.41 Å². The molecule has 0 fully saturated rings. The third kappa shape index (κ3) is 7.45. The van der Waals surface area contributed by atoms with Gasteiger partial charge in [-0.2, -0.15) is 0 Å². The SMILES string of the molecule is CCCS(=O)(=O)NCC(Nc1ccc(C(=N)N)cc1)c1ccc(OCC)c(OCC)c1. The fourth-order valence-corrected chi connectivity index (χ4v) is 4.14. The van der Waals surface area contributed by atoms with E-state index < -0.39 is 10.0 Å². The fraction of sp³-hybridized carbons (Fsp3) is 0.409. The minimum atomic E-state index is -3.37. The molecule has 2 aromatic carbocycles. The molecule has 0 heterocycles. The summed E-state index contributed by atoms with van der Waals surface area (Å²) in [7, 11) is -3.37. The lowest BCUT2D eigenvalue weighted by molar-refractivity contribution is 0.287. The van der Waals surface area contributed by atoms with Crippen LogP contribution in [0.1, 0.15) is 44.4 Å². The second-order valence-corrected chi connectivity index (χ2v) is 8.85. The van der Waals surface area contributed by atoms with Crippen LogP contribution in [0.25, 0.3) is 0 Å². The number of hydrogen-bond acceptors (Lipinski definition) is 6. The van der Waals surface area contributed by atoms with Crippen molar-refractivity contribution in [2.75, 3.05) is 30.8 Å². The average Bonchev–Trinajstić information content (AvgIpc) is 2.73. The number of ether oxygens (including phenoxy) is 2. The molecule has 0 bridgehead atoms. The summed E-state index contributed by atoms with van der Waals surface area (Å²) >= 11 is 0. The van der Waals surface area contributed by atoms with Crippen LogP contribution in [-0.4, -0.2) is 39.8 Å². The molecule has 5 N–H and O–H groups in total. The number of nitrogen functional groups attached to an aromatic ring is 1. The highest BCUT2D eigenvalue weighted by atomic mass is 32.2. The monoisotopic (exact) mass is 448 g/mol. The number of benzene rings is 2. The molecule has 0 spiro atoms. The van der Waals surface area contributed by atoms with E-state index in [1.54, 1.807) is 12.1 Å². The maximum absolute atomic E-state index is 12.2. The van der Waals surface area contributed by atoms with Crippen LogP contribution < -0.4 is 25.2 Å². The fourth-order valence-electron chi connectivity index (χ4n) is 3.04. The molecule has 0 saturated carbocycles. The molecule has 1 unspecified atom stereocenters. The summed E-state index contributed by atoms with van der Waals surface area (Å²) in [6.07, 6.45) is 0.539. The quantitative estimate of drug-likeness (QED) is 0.275. The Bertz CT molecular complexity index is 962. The zero-order valence-electron chi connectivity index (χ0n) is 18.3. The molecular formula is C22H32N4O4S. The Kier molecular flexibility index (Phi) is 9.14. The number of rotatable bonds is 13. The molecule has 1 atom stereocenters. The number of nitrogens with two attached hydrogens (primary N) is 1. The summed E-state index contributed by atoms with van der Waals surface area (Å²) in [6.45, 7) is 6.79. The summed E-state index contributed by atoms with van der Waals surface area (Å²) in [5, 5.41) is 10.9. The lowest BCUT2D eigenvalue weighted by Gasteiger charge is -2.23. The average molecular weight is 449 g/mol. The van der Waals surface area contributed by atoms with Gasteiger partial charge in [-0.25, -0.2) is 13.1 Å². The van der Waals surface area contributed by atoms with Crippen molar-refractivity contribution in [3.05, 3.63) is 53.6 Å². The van der Waals surface area contributed by atoms with E-state index in [2.05, 4.69) is 10.0 Å². The first-order valence-corrected chi connectivity index (χ1v) is 12.0. The number of hydrogen-bond donors (Lipinski definition) is 4. The molecule has 0 amide bonds. The van der Waals surface area contributed by atoms with Gasteiger partial charge in [0, 0.05) is 17.8 Å². The molecular weight excluding hydrogens is 416 g/mol. The van der Waals surface area contributed by atoms with Crippen molar-refractivity contribution in [1.29, 1.82) is 5.41 Å². The lowest BCUT2D eigenvalue weighted by Crippen LogP contribution is -2.33. The van der Waals surface area contributed by atoms with Gasteiger partial charge in [-0.3, -0.25) is 5.41 Å². The maximum Gasteiger partial charge on any atom is 0.211 e. The summed E-state index contributed by atoms with van der Waals surface area (Å²) in [4.78, 5) is 0. The molecule has 8 nitrogen and oxygen atoms in total. The Morgan fingerprint density at radius 1 is 1.03 bits per heavy atom. The second-order valence-electron chi connectivity index (χ2n) is 6.93. The van der Waals surface area contributed by atoms with Gasteiger partial charge in [-0.1, -0.05) is 13.0 Å². The van der Waals surface area contributed by atoms with E-state index in [4.69, 9.17) is 20.6 Å². The van der Waals surface area contributed by atoms with E-state index in [9.17, 15) is 8.42 Å². The Balaban J connectivity index is 2.34. The smallest absolute Gasteiger partial charge is 0.211 e. The normalized spacial score (nSPS) is 12.2. The molecule has 0 aliphatic rings. The topological polar surface area (TPSA) is 127 Å². The van der Waals surface area contributed by atoms with E-state index in [0.717, 1.165) is 11.3 Å². The van der Waals surface area contributed by atoms with Crippen LogP contribution in [0.15, 0.2) is 42.5 Å². The van der Waals surface area contributed by atoms with Crippen molar-refractivity contribution in [2.45, 2.75) is 33.2 Å². The van der Waals surface area contributed by atoms with Crippen molar-refractivity contribution in [3.63, 3.8) is 0 Å². The summed E-state index contributed by atoms with van der Waals surface area (Å²) in [5.41, 5.74) is 7.76. The van der Waals surface area contributed by atoms with Crippen LogP contribution in [-0.2, 0) is 10.0 Å². The first-order valence-electron chi connectivity index (χ1n) is 10.4. The van der Waals surface area contributed by atoms with Crippen LogP contribution in [0.4, 0.5) is 5.69 Å². The van der Waals surface area contributed by atoms with Crippen molar-refractivity contribution < 1.29 is 17.9 Å². The molecule has 0 saturated heterocycles. The van der Waals surface area contributed by atoms with Gasteiger partial charge in [0.1, 0.15) is 5.84 Å². The molecule has 0 aliphatic heterocycles. The Labute approximate surface area is 184 Å². The summed E-state index contributed by atoms with van der Waals surface area (Å²) in [5.74, 6) is 1.31. The van der Waals surface area contributed by atoms with Crippen molar-refractivity contribution >= 4 is 21.5 Å². The van der Waals surface area contributed by atoms with Crippen molar-refractivity contribution in [2.24, 2.45) is 5.73 Å². The van der Waals surface area contributed by atoms with E-state index >= 15 is 0 Å². The van der Waals surface area contributed by atoms with Crippen LogP contribution in [0.5, 0.6) is 11.5 Å². The van der Waals surface area contributed by atoms with E-state index in [1.807, 2.05) is 51.1 Å². The highest BCUT2D eigenvalue weighted by molar-refractivity contribution is 7.89. The number of anilines is 1. The highest BCUT2D eigenvalue weighted by Gasteiger charge is 2.18. The summed E-state index contributed by atoms with van der Waals surface area (Å²) in [6, 6.07) is 12.3. The van der Waals surface area contributed by atoms with Crippen LogP contribution >= 0.6 is 0 Å². The molecule has 9 heteroatoms. The van der Waals surface area contributed by atoms with Crippen LogP contribution in [0.2, 0.25) is 0 Å². The second kappa shape index (κ2) is 11.6. The van der Waals surface area contributed by atoms with Gasteiger partial charge < -0.3 is 20.5 Å². The Morgan fingerprint density at radius 3 is 2.26 bits per heavy atom. The van der Waals surface area contributed by atoms with Crippen molar-refractivity contribution in [3.8, 4) is 11.5 Å². The van der Waals surface area contributed by atoms with Gasteiger partial charge in [0.25, 0.3) is 0 Å². The zero-order valence-corrected chi connectivity index (χ0v) is 19.1. The van der Waals surface area contributed by atoms with Gasteiger partial charge in [0.15, 0.2) is 11.5 Å². The summed E-state index contributed by atoms with van der Waals surface area (Å²) < 4.78 is 38.5. The number of nitrogens with one attached hydrogen (secondary N) is 3. The maximum atomic E-state index is 12.2. The van der Waals surface area contributed by atoms with Crippen LogP contribution in [0.3, 0.4) is 0 Å². The van der Waals surface area contributed by atoms with Gasteiger partial charge in [0.2, 0.25) is 10.0 Å². The largest absolute Gasteiger partial charge is 0.490 e. The Morgan fingerprint density at radius 2 is 1.68 bits per heavy atom. The molecule has 2 aromatic rings. The molecule has 170 valence electrons. The molecule has 0 radical (unpaired) electrons. The predicted molar refractivity (Wildman–Crippen MR) is 125 cm³/mol. The van der Waals surface area contributed by atoms with Gasteiger partial charge in [-0.05, 0) is 62.2 Å². The van der Waals surface area contributed by atoms with E-state index in [0.29, 0.717) is 36.7 Å². The molecule has 2 rings (SSSR count). The first kappa shape index (κ1) is 24.5. The van der Waals surface area contributed by atoms with Gasteiger partial charge in [0.05, 0.1) is 25.0 Å². The Hall–Kier alpha value is -2.78. The third-order valence-corrected chi connectivity index (χ3v) is 6.04. The lowest BCUT2D eigenvalue weighted by atomic mass is 10.1. The molecule has 0 aliphatic carbocycles. The predicted octanol–water partition coefficient (Wildman–Crippen LogP) is 3.25. The number of amidine groups is 1. The van der Waals surface area contributed by atoms with E-state index in [1.165, 1.54) is 0 Å². The van der Waals surface area contributed by atoms with Crippen molar-refractivity contribution in [1.82, 2.24) is 4.72 Å². The van der Waals surface area contributed by atoms with Gasteiger partial charge in [-0.15, -0.1) is 0 Å². The van der Waals surface area contributed by atoms with E-state index in [-0.39, 0.29) is 24.2 Å². The minimum Gasteiger partial charge on any atom is -0.490 e. The highest BCUT2D eigenvalue weighted by Crippen LogP contribution is 2.32. The standard InChI is InChI=1S/C22H32N4O4S/c1-4-13-31(27,28)25-15-19(26-18-10-7-16(8-11-18)22(23)24)17-9-12-20(29-5-2)21(14-17)30-6-3/h7-12,14,19,25-26H,4-6,13,15H2,1-3H3,(H3,23,24). The van der Waals surface area contributed by atoms with Gasteiger partial charge >= 0.3 is 0 Å². The number of sulfonamides is 1. The molecule has 0 aromatic heterocycles. The first-order chi connectivity index (χ1) is 14.8. The molecule has 31 heavy (non-hydrogen) atoms. The minimum absolute atomic E-state index is 0.0108. The zero-order chi connectivity index (χ0) is 22.9. The third-order valence-electron chi connectivity index (χ3n) is 4.49.